The minimum absolute atomic E-state index is 0.145. The van der Waals surface area contributed by atoms with Crippen LogP contribution in [0.15, 0.2) is 18.2 Å². The summed E-state index contributed by atoms with van der Waals surface area (Å²) < 4.78 is 17.7. The Kier molecular flexibility index (Phi) is 5.86. The number of hydrogen-bond donors (Lipinski definition) is 1. The molecule has 3 rings (SSSR count). The SMILES string of the molecule is C/C=C(/C)c1c(Cl)c(O)c(C)c2c1Oc1c(C)c(OC)cc(/C(C)=C/C)c1C(=O)O2. The number of hydrogen-bond acceptors (Lipinski definition) is 5. The van der Waals surface area contributed by atoms with Crippen molar-refractivity contribution >= 4 is 28.7 Å². The predicted molar refractivity (Wildman–Crippen MR) is 119 cm³/mol. The largest absolute Gasteiger partial charge is 0.506 e. The van der Waals surface area contributed by atoms with Crippen molar-refractivity contribution in [2.75, 3.05) is 7.11 Å². The zero-order chi connectivity index (χ0) is 22.3. The van der Waals surface area contributed by atoms with Crippen LogP contribution in [0.5, 0.6) is 28.7 Å². The van der Waals surface area contributed by atoms with E-state index >= 15 is 0 Å². The molecule has 30 heavy (non-hydrogen) atoms. The highest BCUT2D eigenvalue weighted by Gasteiger charge is 2.34. The molecule has 0 saturated carbocycles. The molecular formula is C24H25ClO5. The van der Waals surface area contributed by atoms with Crippen molar-refractivity contribution in [2.45, 2.75) is 41.5 Å². The highest BCUT2D eigenvalue weighted by atomic mass is 35.5. The van der Waals surface area contributed by atoms with Gasteiger partial charge in [-0.05, 0) is 64.3 Å². The Morgan fingerprint density at radius 2 is 1.67 bits per heavy atom. The van der Waals surface area contributed by atoms with Gasteiger partial charge in [0.1, 0.15) is 22.8 Å². The Morgan fingerprint density at radius 3 is 2.23 bits per heavy atom. The fourth-order valence-corrected chi connectivity index (χ4v) is 3.86. The van der Waals surface area contributed by atoms with Crippen molar-refractivity contribution in [3.63, 3.8) is 0 Å². The van der Waals surface area contributed by atoms with Gasteiger partial charge in [0.25, 0.3) is 0 Å². The molecule has 0 bridgehead atoms. The molecular weight excluding hydrogens is 404 g/mol. The molecule has 2 aromatic carbocycles. The number of carbonyl (C=O) groups excluding carboxylic acids is 1. The summed E-state index contributed by atoms with van der Waals surface area (Å²) in [5.74, 6) is 0.663. The average molecular weight is 429 g/mol. The van der Waals surface area contributed by atoms with Gasteiger partial charge < -0.3 is 19.3 Å². The number of rotatable bonds is 3. The van der Waals surface area contributed by atoms with E-state index in [2.05, 4.69) is 0 Å². The first-order valence-electron chi connectivity index (χ1n) is 9.60. The van der Waals surface area contributed by atoms with E-state index in [0.717, 1.165) is 11.1 Å². The number of phenolic OH excluding ortho intramolecular Hbond substituents is 1. The van der Waals surface area contributed by atoms with Crippen LogP contribution in [0.1, 0.15) is 60.3 Å². The molecule has 158 valence electrons. The molecule has 0 fully saturated rings. The molecule has 0 saturated heterocycles. The first-order valence-corrected chi connectivity index (χ1v) is 9.98. The maximum absolute atomic E-state index is 13.3. The van der Waals surface area contributed by atoms with Crippen LogP contribution >= 0.6 is 11.6 Å². The Labute approximate surface area is 181 Å². The molecule has 1 N–H and O–H groups in total. The summed E-state index contributed by atoms with van der Waals surface area (Å²) in [5.41, 5.74) is 4.08. The van der Waals surface area contributed by atoms with E-state index in [1.165, 1.54) is 0 Å². The van der Waals surface area contributed by atoms with E-state index in [0.29, 0.717) is 45.1 Å². The van der Waals surface area contributed by atoms with Crippen molar-refractivity contribution < 1.29 is 24.1 Å². The molecule has 0 aliphatic carbocycles. The quantitative estimate of drug-likeness (QED) is 0.428. The van der Waals surface area contributed by atoms with Gasteiger partial charge in [-0.15, -0.1) is 0 Å². The van der Waals surface area contributed by atoms with Crippen LogP contribution in [0.4, 0.5) is 0 Å². The number of methoxy groups -OCH3 is 1. The second-order valence-corrected chi connectivity index (χ2v) is 7.59. The first kappa shape index (κ1) is 21.8. The van der Waals surface area contributed by atoms with Gasteiger partial charge in [-0.1, -0.05) is 23.8 Å². The topological polar surface area (TPSA) is 65.0 Å². The maximum atomic E-state index is 13.3. The summed E-state index contributed by atoms with van der Waals surface area (Å²) >= 11 is 6.48. The van der Waals surface area contributed by atoms with E-state index in [4.69, 9.17) is 25.8 Å². The van der Waals surface area contributed by atoms with E-state index in [-0.39, 0.29) is 16.5 Å². The molecule has 6 heteroatoms. The molecule has 0 amide bonds. The first-order chi connectivity index (χ1) is 14.2. The van der Waals surface area contributed by atoms with Crippen LogP contribution in [-0.4, -0.2) is 18.2 Å². The number of halogens is 1. The third-order valence-electron chi connectivity index (χ3n) is 5.55. The molecule has 5 nitrogen and oxygen atoms in total. The van der Waals surface area contributed by atoms with E-state index in [1.807, 2.05) is 46.8 Å². The number of fused-ring (bicyclic) bond motifs is 2. The molecule has 0 atom stereocenters. The Bertz CT molecular complexity index is 1130. The van der Waals surface area contributed by atoms with Gasteiger partial charge in [0, 0.05) is 16.7 Å². The lowest BCUT2D eigenvalue weighted by Crippen LogP contribution is -2.12. The Hall–Kier alpha value is -2.92. The van der Waals surface area contributed by atoms with Crippen LogP contribution < -0.4 is 14.2 Å². The van der Waals surface area contributed by atoms with Crippen molar-refractivity contribution in [3.05, 3.63) is 51.1 Å². The monoisotopic (exact) mass is 428 g/mol. The molecule has 1 heterocycles. The van der Waals surface area contributed by atoms with Gasteiger partial charge in [-0.2, -0.15) is 0 Å². The fraction of sp³-hybridized carbons (Fsp3) is 0.292. The van der Waals surface area contributed by atoms with Crippen molar-refractivity contribution in [1.82, 2.24) is 0 Å². The standard InChI is InChI=1S/C24H25ClO5/c1-8-11(3)15-10-16(28-7)13(5)21-18(15)24(27)30-22-14(6)20(26)19(25)17(12(4)9-2)23(22)29-21/h8-10,26H,1-7H3/b11-8+,12-9-. The van der Waals surface area contributed by atoms with Crippen molar-refractivity contribution in [2.24, 2.45) is 0 Å². The van der Waals surface area contributed by atoms with Gasteiger partial charge in [0.05, 0.1) is 12.1 Å². The molecule has 1 aliphatic rings. The summed E-state index contributed by atoms with van der Waals surface area (Å²) in [6, 6.07) is 1.81. The third-order valence-corrected chi connectivity index (χ3v) is 5.91. The second kappa shape index (κ2) is 8.07. The Balaban J connectivity index is 2.47. The summed E-state index contributed by atoms with van der Waals surface area (Å²) in [5, 5.41) is 10.7. The number of esters is 1. The van der Waals surface area contributed by atoms with Gasteiger partial charge in [0.2, 0.25) is 0 Å². The van der Waals surface area contributed by atoms with Crippen LogP contribution in [0.25, 0.3) is 11.1 Å². The normalized spacial score (nSPS) is 13.8. The van der Waals surface area contributed by atoms with Gasteiger partial charge in [-0.3, -0.25) is 0 Å². The van der Waals surface area contributed by atoms with Gasteiger partial charge >= 0.3 is 5.97 Å². The van der Waals surface area contributed by atoms with Crippen molar-refractivity contribution in [1.29, 1.82) is 0 Å². The fourth-order valence-electron chi connectivity index (χ4n) is 3.48. The number of ether oxygens (including phenoxy) is 3. The second-order valence-electron chi connectivity index (χ2n) is 7.21. The van der Waals surface area contributed by atoms with E-state index in [1.54, 1.807) is 20.1 Å². The molecule has 0 spiro atoms. The minimum atomic E-state index is -0.570. The number of phenols is 1. The molecule has 2 aromatic rings. The lowest BCUT2D eigenvalue weighted by Gasteiger charge is -2.19. The minimum Gasteiger partial charge on any atom is -0.506 e. The molecule has 0 aromatic heterocycles. The van der Waals surface area contributed by atoms with Gasteiger partial charge in [0.15, 0.2) is 11.5 Å². The number of aromatic hydroxyl groups is 1. The summed E-state index contributed by atoms with van der Waals surface area (Å²) in [6.07, 6.45) is 3.75. The molecule has 0 radical (unpaired) electrons. The third kappa shape index (κ3) is 3.23. The summed E-state index contributed by atoms with van der Waals surface area (Å²) in [4.78, 5) is 13.3. The van der Waals surface area contributed by atoms with Crippen LogP contribution in [0, 0.1) is 13.8 Å². The average Bonchev–Trinajstić information content (AvgIpc) is 2.89. The highest BCUT2D eigenvalue weighted by molar-refractivity contribution is 6.34. The molecule has 0 unspecified atom stereocenters. The van der Waals surface area contributed by atoms with E-state index < -0.39 is 5.97 Å². The summed E-state index contributed by atoms with van der Waals surface area (Å²) in [6.45, 7) is 10.9. The van der Waals surface area contributed by atoms with Crippen LogP contribution in [0.2, 0.25) is 5.02 Å². The van der Waals surface area contributed by atoms with Gasteiger partial charge in [-0.25, -0.2) is 4.79 Å². The lowest BCUT2D eigenvalue weighted by molar-refractivity contribution is 0.0735. The maximum Gasteiger partial charge on any atom is 0.348 e. The summed E-state index contributed by atoms with van der Waals surface area (Å²) in [7, 11) is 1.57. The zero-order valence-corrected chi connectivity index (χ0v) is 18.9. The zero-order valence-electron chi connectivity index (χ0n) is 18.2. The lowest BCUT2D eigenvalue weighted by atomic mass is 9.96. The van der Waals surface area contributed by atoms with E-state index in [9.17, 15) is 9.90 Å². The highest BCUT2D eigenvalue weighted by Crippen LogP contribution is 2.53. The number of carbonyl (C=O) groups is 1. The van der Waals surface area contributed by atoms with Crippen molar-refractivity contribution in [3.8, 4) is 28.7 Å². The molecule has 1 aliphatic heterocycles. The van der Waals surface area contributed by atoms with Crippen LogP contribution in [-0.2, 0) is 0 Å². The van der Waals surface area contributed by atoms with Crippen LogP contribution in [0.3, 0.4) is 0 Å². The predicted octanol–water partition coefficient (Wildman–Crippen LogP) is 6.84. The Morgan fingerprint density at radius 1 is 1.03 bits per heavy atom. The smallest absolute Gasteiger partial charge is 0.348 e. The number of benzene rings is 2. The number of allylic oxidation sites excluding steroid dienone is 4.